The van der Waals surface area contributed by atoms with Crippen molar-refractivity contribution in [2.24, 2.45) is 11.8 Å². The maximum absolute atomic E-state index is 14.2. The Balaban J connectivity index is 1.53. The fourth-order valence-corrected chi connectivity index (χ4v) is 6.41. The second kappa shape index (κ2) is 10.2. The number of allylic oxidation sites excluding steroid dienone is 2. The molecule has 4 nitrogen and oxygen atoms in total. The van der Waals surface area contributed by atoms with Crippen LogP contribution in [0.1, 0.15) is 61.4 Å². The molecule has 11 heteroatoms. The molecule has 3 aliphatic rings. The summed E-state index contributed by atoms with van der Waals surface area (Å²) in [4.78, 5) is 29.7. The molecular formula is C30H29F7N2O2. The maximum Gasteiger partial charge on any atom is 0.416 e. The van der Waals surface area contributed by atoms with Gasteiger partial charge in [0.1, 0.15) is 5.82 Å². The van der Waals surface area contributed by atoms with Crippen LogP contribution >= 0.6 is 0 Å². The molecule has 2 aromatic carbocycles. The molecule has 41 heavy (non-hydrogen) atoms. The highest BCUT2D eigenvalue weighted by Gasteiger charge is 2.49. The zero-order valence-electron chi connectivity index (χ0n) is 22.5. The number of carbonyl (C=O) groups is 2. The molecule has 1 amide bonds. The lowest BCUT2D eigenvalue weighted by atomic mass is 9.75. The van der Waals surface area contributed by atoms with E-state index in [4.69, 9.17) is 0 Å². The fourth-order valence-electron chi connectivity index (χ4n) is 6.41. The molecule has 2 fully saturated rings. The smallest absolute Gasteiger partial charge is 0.374 e. The molecule has 0 N–H and O–H groups in total. The van der Waals surface area contributed by atoms with Gasteiger partial charge in [-0.25, -0.2) is 4.39 Å². The highest BCUT2D eigenvalue weighted by atomic mass is 19.4. The third kappa shape index (κ3) is 5.59. The Bertz CT molecular complexity index is 1350. The lowest BCUT2D eigenvalue weighted by molar-refractivity contribution is -0.145. The number of fused-ring (bicyclic) bond motifs is 1. The summed E-state index contributed by atoms with van der Waals surface area (Å²) in [6.07, 6.45) is -6.85. The third-order valence-electron chi connectivity index (χ3n) is 8.65. The number of nitrogens with zero attached hydrogens (tertiary/aromatic N) is 2. The average molecular weight is 583 g/mol. The number of hydrogen-bond donors (Lipinski definition) is 0. The minimum atomic E-state index is -5.05. The van der Waals surface area contributed by atoms with Crippen molar-refractivity contribution < 1.29 is 40.3 Å². The van der Waals surface area contributed by atoms with Gasteiger partial charge in [0, 0.05) is 43.7 Å². The molecule has 220 valence electrons. The summed E-state index contributed by atoms with van der Waals surface area (Å²) in [6, 6.07) is 6.32. The topological polar surface area (TPSA) is 40.6 Å². The van der Waals surface area contributed by atoms with Gasteiger partial charge in [0.15, 0.2) is 5.78 Å². The molecule has 2 saturated heterocycles. The van der Waals surface area contributed by atoms with Gasteiger partial charge in [-0.05, 0) is 74.1 Å². The largest absolute Gasteiger partial charge is 0.416 e. The molecule has 0 bridgehead atoms. The van der Waals surface area contributed by atoms with E-state index in [9.17, 15) is 40.3 Å². The Hall–Kier alpha value is -3.37. The molecule has 1 aliphatic carbocycles. The molecule has 0 aromatic heterocycles. The van der Waals surface area contributed by atoms with Crippen LogP contribution in [0, 0.1) is 17.7 Å². The van der Waals surface area contributed by atoms with E-state index < -0.39 is 52.2 Å². The van der Waals surface area contributed by atoms with E-state index in [0.717, 1.165) is 5.70 Å². The minimum absolute atomic E-state index is 0.0443. The number of likely N-dealkylation sites (tertiary alicyclic amines) is 2. The van der Waals surface area contributed by atoms with Crippen LogP contribution in [0.2, 0.25) is 0 Å². The summed E-state index contributed by atoms with van der Waals surface area (Å²) in [5.74, 6) is -1.07. The lowest BCUT2D eigenvalue weighted by Crippen LogP contribution is -2.51. The second-order valence-corrected chi connectivity index (χ2v) is 11.6. The van der Waals surface area contributed by atoms with Crippen molar-refractivity contribution in [3.05, 3.63) is 82.3 Å². The van der Waals surface area contributed by atoms with E-state index in [2.05, 4.69) is 4.90 Å². The Labute approximate surface area is 232 Å². The minimum Gasteiger partial charge on any atom is -0.374 e. The molecule has 2 aliphatic heterocycles. The molecule has 0 saturated carbocycles. The standard InChI is InChI=1S/C30H29F7N2O2/c1-28(2,19-11-20(29(32,33)34)13-21(12-19)30(35,36)37)27(41)39-10-9-18-15-38(23-7-8-24(40)14-23)16-25(18)26(39)17-3-5-22(31)6-4-17/h3-6,11-14,18,25-26H,7-10,15-16H2,1-2H3. The van der Waals surface area contributed by atoms with Gasteiger partial charge in [0.25, 0.3) is 0 Å². The van der Waals surface area contributed by atoms with E-state index in [0.29, 0.717) is 50.0 Å². The molecule has 5 rings (SSSR count). The molecule has 3 atom stereocenters. The summed E-state index contributed by atoms with van der Waals surface area (Å²) in [5, 5.41) is 0. The number of benzene rings is 2. The Morgan fingerprint density at radius 1 is 0.854 bits per heavy atom. The quantitative estimate of drug-likeness (QED) is 0.368. The maximum atomic E-state index is 14.2. The Kier molecular flexibility index (Phi) is 7.22. The van der Waals surface area contributed by atoms with Crippen LogP contribution in [0.4, 0.5) is 30.7 Å². The van der Waals surface area contributed by atoms with Crippen molar-refractivity contribution in [3.63, 3.8) is 0 Å². The Morgan fingerprint density at radius 2 is 1.44 bits per heavy atom. The van der Waals surface area contributed by atoms with Gasteiger partial charge in [-0.15, -0.1) is 0 Å². The zero-order chi connectivity index (χ0) is 29.9. The van der Waals surface area contributed by atoms with Gasteiger partial charge in [0.2, 0.25) is 5.91 Å². The van der Waals surface area contributed by atoms with E-state index >= 15 is 0 Å². The monoisotopic (exact) mass is 582 g/mol. The van der Waals surface area contributed by atoms with E-state index in [-0.39, 0.29) is 30.2 Å². The number of amides is 1. The van der Waals surface area contributed by atoms with Gasteiger partial charge < -0.3 is 9.80 Å². The van der Waals surface area contributed by atoms with Crippen molar-refractivity contribution >= 4 is 11.7 Å². The number of halogens is 7. The van der Waals surface area contributed by atoms with Crippen molar-refractivity contribution in [1.82, 2.24) is 9.80 Å². The summed E-state index contributed by atoms with van der Waals surface area (Å²) < 4.78 is 95.5. The molecule has 2 aromatic rings. The van der Waals surface area contributed by atoms with Crippen molar-refractivity contribution in [2.75, 3.05) is 19.6 Å². The normalized spacial score (nSPS) is 23.6. The van der Waals surface area contributed by atoms with Crippen molar-refractivity contribution in [1.29, 1.82) is 0 Å². The molecular weight excluding hydrogens is 553 g/mol. The lowest BCUT2D eigenvalue weighted by Gasteiger charge is -2.45. The van der Waals surface area contributed by atoms with Crippen LogP contribution in [0.15, 0.2) is 54.2 Å². The van der Waals surface area contributed by atoms with Gasteiger partial charge in [-0.1, -0.05) is 12.1 Å². The average Bonchev–Trinajstić information content (AvgIpc) is 3.53. The van der Waals surface area contributed by atoms with E-state index in [1.165, 1.54) is 30.9 Å². The van der Waals surface area contributed by atoms with Crippen molar-refractivity contribution in [2.45, 2.75) is 56.9 Å². The highest BCUT2D eigenvalue weighted by molar-refractivity contribution is 5.92. The van der Waals surface area contributed by atoms with Crippen LogP contribution in [0.5, 0.6) is 0 Å². The first kappa shape index (κ1) is 29.1. The van der Waals surface area contributed by atoms with Crippen LogP contribution in [0.3, 0.4) is 0 Å². The van der Waals surface area contributed by atoms with Crippen LogP contribution in [0.25, 0.3) is 0 Å². The van der Waals surface area contributed by atoms with Crippen LogP contribution < -0.4 is 0 Å². The molecule has 0 radical (unpaired) electrons. The van der Waals surface area contributed by atoms with Crippen LogP contribution in [-0.4, -0.2) is 41.1 Å². The van der Waals surface area contributed by atoms with Gasteiger partial charge in [-0.2, -0.15) is 26.3 Å². The molecule has 0 spiro atoms. The number of ketones is 1. The second-order valence-electron chi connectivity index (χ2n) is 11.6. The zero-order valence-corrected chi connectivity index (χ0v) is 22.5. The number of hydrogen-bond acceptors (Lipinski definition) is 3. The SMILES string of the molecule is CC(C)(C(=O)N1CCC2CN(C3=CC(=O)CC3)CC2C1c1ccc(F)cc1)c1cc(C(F)(F)F)cc(C(F)(F)F)c1. The number of alkyl halides is 6. The van der Waals surface area contributed by atoms with E-state index in [1.807, 2.05) is 0 Å². The summed E-state index contributed by atoms with van der Waals surface area (Å²) in [7, 11) is 0. The first-order chi connectivity index (χ1) is 19.1. The first-order valence-corrected chi connectivity index (χ1v) is 13.4. The van der Waals surface area contributed by atoms with Gasteiger partial charge >= 0.3 is 12.4 Å². The van der Waals surface area contributed by atoms with Gasteiger partial charge in [0.05, 0.1) is 22.6 Å². The number of carbonyl (C=O) groups excluding carboxylic acids is 2. The third-order valence-corrected chi connectivity index (χ3v) is 8.65. The summed E-state index contributed by atoms with van der Waals surface area (Å²) in [6.45, 7) is 4.05. The molecule has 3 unspecified atom stereocenters. The highest BCUT2D eigenvalue weighted by Crippen LogP contribution is 2.47. The predicted molar refractivity (Wildman–Crippen MR) is 136 cm³/mol. The Morgan fingerprint density at radius 3 is 1.98 bits per heavy atom. The fraction of sp³-hybridized carbons (Fsp3) is 0.467. The van der Waals surface area contributed by atoms with Crippen LogP contribution in [-0.2, 0) is 27.4 Å². The number of piperidine rings is 1. The summed E-state index contributed by atoms with van der Waals surface area (Å²) >= 11 is 0. The first-order valence-electron chi connectivity index (χ1n) is 13.4. The van der Waals surface area contributed by atoms with Crippen molar-refractivity contribution in [3.8, 4) is 0 Å². The van der Waals surface area contributed by atoms with Gasteiger partial charge in [-0.3, -0.25) is 9.59 Å². The van der Waals surface area contributed by atoms with E-state index in [1.54, 1.807) is 18.2 Å². The summed E-state index contributed by atoms with van der Waals surface area (Å²) in [5.41, 5.74) is -3.56. The molecule has 2 heterocycles. The number of rotatable bonds is 4. The predicted octanol–water partition coefficient (Wildman–Crippen LogP) is 6.91.